The van der Waals surface area contributed by atoms with E-state index >= 15 is 0 Å². The molecular weight excluding hydrogens is 366 g/mol. The van der Waals surface area contributed by atoms with Gasteiger partial charge in [-0.3, -0.25) is 9.67 Å². The third kappa shape index (κ3) is 5.75. The zero-order chi connectivity index (χ0) is 20.5. The third-order valence-electron chi connectivity index (χ3n) is 4.47. The number of nitrogens with zero attached hydrogens (tertiary/aromatic N) is 3. The molecule has 0 aliphatic carbocycles. The summed E-state index contributed by atoms with van der Waals surface area (Å²) in [6.45, 7) is 2.01. The fourth-order valence-electron chi connectivity index (χ4n) is 2.94. The van der Waals surface area contributed by atoms with Crippen LogP contribution in [-0.4, -0.2) is 37.0 Å². The van der Waals surface area contributed by atoms with Gasteiger partial charge in [-0.1, -0.05) is 36.4 Å². The molecule has 0 fully saturated rings. The lowest BCUT2D eigenvalue weighted by molar-refractivity contribution is 0.354. The van der Waals surface area contributed by atoms with Crippen LogP contribution in [-0.2, 0) is 19.6 Å². The van der Waals surface area contributed by atoms with Gasteiger partial charge in [-0.2, -0.15) is 5.10 Å². The molecule has 0 radical (unpaired) electrons. The van der Waals surface area contributed by atoms with E-state index in [-0.39, 0.29) is 0 Å². The summed E-state index contributed by atoms with van der Waals surface area (Å²) in [5.41, 5.74) is 3.39. The van der Waals surface area contributed by atoms with Crippen LogP contribution in [0.1, 0.15) is 16.7 Å². The second-order valence-corrected chi connectivity index (χ2v) is 6.50. The van der Waals surface area contributed by atoms with Gasteiger partial charge >= 0.3 is 0 Å². The van der Waals surface area contributed by atoms with Crippen molar-refractivity contribution >= 4 is 5.96 Å². The van der Waals surface area contributed by atoms with Crippen molar-refractivity contribution in [2.75, 3.05) is 21.3 Å². The average Bonchev–Trinajstić information content (AvgIpc) is 3.21. The predicted octanol–water partition coefficient (Wildman–Crippen LogP) is 2.81. The number of aromatic nitrogens is 2. The van der Waals surface area contributed by atoms with Crippen LogP contribution in [0.3, 0.4) is 0 Å². The average molecular weight is 393 g/mol. The first kappa shape index (κ1) is 20.3. The first-order valence-electron chi connectivity index (χ1n) is 9.42. The fraction of sp³-hybridized carbons (Fsp3) is 0.273. The van der Waals surface area contributed by atoms with Crippen molar-refractivity contribution in [3.05, 3.63) is 77.6 Å². The number of methoxy groups -OCH3 is 2. The normalized spacial score (nSPS) is 11.2. The molecule has 2 aromatic carbocycles. The van der Waals surface area contributed by atoms with Crippen LogP contribution in [0, 0.1) is 0 Å². The van der Waals surface area contributed by atoms with Gasteiger partial charge in [0.25, 0.3) is 0 Å². The number of guanidine groups is 1. The molecule has 7 heteroatoms. The Bertz CT molecular complexity index is 937. The van der Waals surface area contributed by atoms with Crippen molar-refractivity contribution in [3.63, 3.8) is 0 Å². The molecule has 29 heavy (non-hydrogen) atoms. The molecule has 0 bridgehead atoms. The quantitative estimate of drug-likeness (QED) is 0.455. The lowest BCUT2D eigenvalue weighted by atomic mass is 10.2. The van der Waals surface area contributed by atoms with Crippen molar-refractivity contribution in [1.82, 2.24) is 20.4 Å². The molecule has 1 aromatic heterocycles. The molecule has 3 rings (SSSR count). The summed E-state index contributed by atoms with van der Waals surface area (Å²) in [6, 6.07) is 16.1. The Morgan fingerprint density at radius 3 is 2.34 bits per heavy atom. The molecule has 0 saturated carbocycles. The highest BCUT2D eigenvalue weighted by atomic mass is 16.5. The minimum atomic E-state index is 0.618. The van der Waals surface area contributed by atoms with E-state index in [0.29, 0.717) is 24.6 Å². The number of benzene rings is 2. The number of ether oxygens (including phenoxy) is 2. The van der Waals surface area contributed by atoms with E-state index in [4.69, 9.17) is 9.47 Å². The second kappa shape index (κ2) is 10.2. The van der Waals surface area contributed by atoms with Gasteiger partial charge in [0, 0.05) is 31.9 Å². The maximum atomic E-state index is 5.35. The Balaban J connectivity index is 1.51. The van der Waals surface area contributed by atoms with Crippen molar-refractivity contribution < 1.29 is 9.47 Å². The highest BCUT2D eigenvalue weighted by Crippen LogP contribution is 2.27. The summed E-state index contributed by atoms with van der Waals surface area (Å²) in [5.74, 6) is 2.14. The lowest BCUT2D eigenvalue weighted by Crippen LogP contribution is -2.36. The Hall–Kier alpha value is -3.48. The molecule has 0 atom stereocenters. The highest BCUT2D eigenvalue weighted by molar-refractivity contribution is 5.79. The standard InChI is InChI=1S/C22H27N5O2/c1-23-22(24-12-18-9-10-20(28-2)21(11-18)29-3)25-13-19-14-26-27(16-19)15-17-7-5-4-6-8-17/h4-11,14,16H,12-13,15H2,1-3H3,(H2,23,24,25). The highest BCUT2D eigenvalue weighted by Gasteiger charge is 2.06. The summed E-state index contributed by atoms with van der Waals surface area (Å²) >= 11 is 0. The number of rotatable bonds is 8. The number of aliphatic imine (C=N–C) groups is 1. The predicted molar refractivity (Wildman–Crippen MR) is 114 cm³/mol. The Kier molecular flexibility index (Phi) is 7.10. The van der Waals surface area contributed by atoms with Crippen LogP contribution in [0.25, 0.3) is 0 Å². The molecule has 0 aliphatic heterocycles. The topological polar surface area (TPSA) is 72.7 Å². The first-order valence-corrected chi connectivity index (χ1v) is 9.42. The molecule has 1 heterocycles. The molecule has 0 aliphatic rings. The van der Waals surface area contributed by atoms with E-state index in [0.717, 1.165) is 23.6 Å². The zero-order valence-corrected chi connectivity index (χ0v) is 17.1. The minimum absolute atomic E-state index is 0.618. The third-order valence-corrected chi connectivity index (χ3v) is 4.47. The van der Waals surface area contributed by atoms with E-state index in [1.165, 1.54) is 5.56 Å². The molecule has 0 saturated heterocycles. The zero-order valence-electron chi connectivity index (χ0n) is 17.1. The number of nitrogens with one attached hydrogen (secondary N) is 2. The van der Waals surface area contributed by atoms with E-state index in [1.807, 2.05) is 53.5 Å². The largest absolute Gasteiger partial charge is 0.493 e. The minimum Gasteiger partial charge on any atom is -0.493 e. The molecule has 2 N–H and O–H groups in total. The van der Waals surface area contributed by atoms with Crippen molar-refractivity contribution in [3.8, 4) is 11.5 Å². The van der Waals surface area contributed by atoms with Gasteiger partial charge < -0.3 is 20.1 Å². The molecule has 0 unspecified atom stereocenters. The van der Waals surface area contributed by atoms with E-state index in [9.17, 15) is 0 Å². The lowest BCUT2D eigenvalue weighted by Gasteiger charge is -2.13. The van der Waals surface area contributed by atoms with Crippen LogP contribution in [0.5, 0.6) is 11.5 Å². The molecule has 7 nitrogen and oxygen atoms in total. The summed E-state index contributed by atoms with van der Waals surface area (Å²) in [7, 11) is 5.01. The summed E-state index contributed by atoms with van der Waals surface area (Å²) in [5, 5.41) is 11.1. The van der Waals surface area contributed by atoms with Gasteiger partial charge in [0.05, 0.1) is 27.0 Å². The summed E-state index contributed by atoms with van der Waals surface area (Å²) < 4.78 is 12.6. The van der Waals surface area contributed by atoms with Crippen molar-refractivity contribution in [2.45, 2.75) is 19.6 Å². The maximum absolute atomic E-state index is 5.35. The van der Waals surface area contributed by atoms with Gasteiger partial charge in [-0.25, -0.2) is 0 Å². The van der Waals surface area contributed by atoms with E-state index in [2.05, 4.69) is 32.9 Å². The Morgan fingerprint density at radius 1 is 0.931 bits per heavy atom. The van der Waals surface area contributed by atoms with Crippen LogP contribution < -0.4 is 20.1 Å². The van der Waals surface area contributed by atoms with Crippen LogP contribution >= 0.6 is 0 Å². The maximum Gasteiger partial charge on any atom is 0.191 e. The van der Waals surface area contributed by atoms with E-state index in [1.54, 1.807) is 21.3 Å². The van der Waals surface area contributed by atoms with Crippen LogP contribution in [0.15, 0.2) is 65.9 Å². The smallest absolute Gasteiger partial charge is 0.191 e. The number of hydrogen-bond acceptors (Lipinski definition) is 4. The van der Waals surface area contributed by atoms with Gasteiger partial charge in [0.1, 0.15) is 0 Å². The first-order chi connectivity index (χ1) is 14.2. The molecule has 3 aromatic rings. The summed E-state index contributed by atoms with van der Waals surface area (Å²) in [4.78, 5) is 4.28. The monoisotopic (exact) mass is 393 g/mol. The van der Waals surface area contributed by atoms with Crippen molar-refractivity contribution in [1.29, 1.82) is 0 Å². The van der Waals surface area contributed by atoms with Gasteiger partial charge in [0.15, 0.2) is 17.5 Å². The van der Waals surface area contributed by atoms with Crippen molar-refractivity contribution in [2.24, 2.45) is 4.99 Å². The fourth-order valence-corrected chi connectivity index (χ4v) is 2.94. The number of hydrogen-bond donors (Lipinski definition) is 2. The van der Waals surface area contributed by atoms with Gasteiger partial charge in [0.2, 0.25) is 0 Å². The molecule has 0 spiro atoms. The van der Waals surface area contributed by atoms with E-state index < -0.39 is 0 Å². The van der Waals surface area contributed by atoms with Gasteiger partial charge in [-0.15, -0.1) is 0 Å². The van der Waals surface area contributed by atoms with Gasteiger partial charge in [-0.05, 0) is 23.3 Å². The Morgan fingerprint density at radius 2 is 1.66 bits per heavy atom. The SMILES string of the molecule is CN=C(NCc1ccc(OC)c(OC)c1)NCc1cnn(Cc2ccccc2)c1. The summed E-state index contributed by atoms with van der Waals surface area (Å²) in [6.07, 6.45) is 3.92. The Labute approximate surface area is 171 Å². The molecular formula is C22H27N5O2. The molecule has 0 amide bonds. The van der Waals surface area contributed by atoms with Crippen LogP contribution in [0.4, 0.5) is 0 Å². The second-order valence-electron chi connectivity index (χ2n) is 6.50. The van der Waals surface area contributed by atoms with Crippen LogP contribution in [0.2, 0.25) is 0 Å². The molecule has 152 valence electrons.